The average molecular weight is 395 g/mol. The van der Waals surface area contributed by atoms with Crippen LogP contribution in [0.3, 0.4) is 0 Å². The summed E-state index contributed by atoms with van der Waals surface area (Å²) in [6.45, 7) is 7.51. The van der Waals surface area contributed by atoms with Crippen LogP contribution in [0.15, 0.2) is 22.7 Å². The van der Waals surface area contributed by atoms with Gasteiger partial charge in [0.2, 0.25) is 0 Å². The summed E-state index contributed by atoms with van der Waals surface area (Å²) in [7, 11) is 0. The number of hydrogen-bond acceptors (Lipinski definition) is 4. The number of benzene rings is 1. The van der Waals surface area contributed by atoms with Gasteiger partial charge in [0.05, 0.1) is 12.2 Å². The first kappa shape index (κ1) is 18.6. The van der Waals surface area contributed by atoms with Gasteiger partial charge in [0.25, 0.3) is 0 Å². The lowest BCUT2D eigenvalue weighted by atomic mass is 9.98. The zero-order chi connectivity index (χ0) is 17.7. The summed E-state index contributed by atoms with van der Waals surface area (Å²) in [6, 6.07) is 7.52. The molecule has 130 valence electrons. The van der Waals surface area contributed by atoms with Crippen LogP contribution in [0.25, 0.3) is 0 Å². The number of nitriles is 1. The molecule has 0 radical (unpaired) electrons. The van der Waals surface area contributed by atoms with Crippen molar-refractivity contribution >= 4 is 22.0 Å². The van der Waals surface area contributed by atoms with Gasteiger partial charge in [-0.2, -0.15) is 5.26 Å². The van der Waals surface area contributed by atoms with Gasteiger partial charge >= 0.3 is 6.09 Å². The van der Waals surface area contributed by atoms with E-state index in [1.165, 1.54) is 0 Å². The number of piperidine rings is 1. The Kier molecular flexibility index (Phi) is 6.11. The lowest BCUT2D eigenvalue weighted by Crippen LogP contribution is -2.42. The Hall–Kier alpha value is -1.74. The van der Waals surface area contributed by atoms with Gasteiger partial charge in [-0.15, -0.1) is 0 Å². The van der Waals surface area contributed by atoms with Crippen molar-refractivity contribution in [2.45, 2.75) is 39.2 Å². The summed E-state index contributed by atoms with van der Waals surface area (Å²) in [5.41, 5.74) is 0.0650. The molecule has 1 fully saturated rings. The first-order chi connectivity index (χ1) is 11.3. The van der Waals surface area contributed by atoms with E-state index in [2.05, 4.69) is 22.0 Å². The van der Waals surface area contributed by atoms with Crippen LogP contribution in [-0.4, -0.2) is 36.3 Å². The Labute approximate surface area is 151 Å². The second-order valence-electron chi connectivity index (χ2n) is 6.97. The molecule has 24 heavy (non-hydrogen) atoms. The SMILES string of the molecule is CC(C)(C)OC(=O)N1CCC(COc2cc(Br)ccc2C#N)CC1. The van der Waals surface area contributed by atoms with Crippen LogP contribution >= 0.6 is 15.9 Å². The zero-order valence-electron chi connectivity index (χ0n) is 14.3. The van der Waals surface area contributed by atoms with Crippen LogP contribution in [0.2, 0.25) is 0 Å². The fraction of sp³-hybridized carbons (Fsp3) is 0.556. The van der Waals surface area contributed by atoms with Crippen molar-refractivity contribution in [1.29, 1.82) is 5.26 Å². The molecule has 0 N–H and O–H groups in total. The highest BCUT2D eigenvalue weighted by molar-refractivity contribution is 9.10. The molecule has 1 aliphatic rings. The van der Waals surface area contributed by atoms with E-state index in [0.717, 1.165) is 17.3 Å². The maximum absolute atomic E-state index is 12.1. The highest BCUT2D eigenvalue weighted by atomic mass is 79.9. The van der Waals surface area contributed by atoms with Gasteiger partial charge in [0.15, 0.2) is 0 Å². The molecule has 0 bridgehead atoms. The van der Waals surface area contributed by atoms with E-state index < -0.39 is 5.60 Å². The van der Waals surface area contributed by atoms with Gasteiger partial charge in [-0.3, -0.25) is 0 Å². The molecule has 5 nitrogen and oxygen atoms in total. The second kappa shape index (κ2) is 7.89. The van der Waals surface area contributed by atoms with Gasteiger partial charge < -0.3 is 14.4 Å². The summed E-state index contributed by atoms with van der Waals surface area (Å²) >= 11 is 3.39. The molecule has 0 saturated carbocycles. The number of carbonyl (C=O) groups excluding carboxylic acids is 1. The van der Waals surface area contributed by atoms with E-state index in [1.54, 1.807) is 11.0 Å². The van der Waals surface area contributed by atoms with Crippen molar-refractivity contribution in [2.75, 3.05) is 19.7 Å². The maximum atomic E-state index is 12.1. The van der Waals surface area contributed by atoms with E-state index in [0.29, 0.717) is 36.9 Å². The highest BCUT2D eigenvalue weighted by Crippen LogP contribution is 2.25. The van der Waals surface area contributed by atoms with Crippen LogP contribution in [0, 0.1) is 17.2 Å². The van der Waals surface area contributed by atoms with Crippen molar-refractivity contribution in [3.63, 3.8) is 0 Å². The smallest absolute Gasteiger partial charge is 0.410 e. The van der Waals surface area contributed by atoms with E-state index in [-0.39, 0.29) is 6.09 Å². The van der Waals surface area contributed by atoms with Gasteiger partial charge in [-0.25, -0.2) is 4.79 Å². The monoisotopic (exact) mass is 394 g/mol. The predicted molar refractivity (Wildman–Crippen MR) is 94.9 cm³/mol. The number of likely N-dealkylation sites (tertiary alicyclic amines) is 1. The minimum Gasteiger partial charge on any atom is -0.492 e. The fourth-order valence-corrected chi connectivity index (χ4v) is 2.86. The van der Waals surface area contributed by atoms with Gasteiger partial charge in [0.1, 0.15) is 17.4 Å². The molecular weight excluding hydrogens is 372 g/mol. The molecule has 1 aromatic carbocycles. The number of amides is 1. The summed E-state index contributed by atoms with van der Waals surface area (Å²) < 4.78 is 12.1. The Morgan fingerprint density at radius 2 is 2.04 bits per heavy atom. The van der Waals surface area contributed by atoms with Crippen LogP contribution < -0.4 is 4.74 Å². The molecule has 0 atom stereocenters. The molecule has 1 aliphatic heterocycles. The molecule has 1 saturated heterocycles. The second-order valence-corrected chi connectivity index (χ2v) is 7.89. The third-order valence-electron chi connectivity index (χ3n) is 3.80. The van der Waals surface area contributed by atoms with E-state index in [1.807, 2.05) is 32.9 Å². The van der Waals surface area contributed by atoms with E-state index in [9.17, 15) is 4.79 Å². The van der Waals surface area contributed by atoms with Crippen LogP contribution in [-0.2, 0) is 4.74 Å². The highest BCUT2D eigenvalue weighted by Gasteiger charge is 2.27. The molecular formula is C18H23BrN2O3. The van der Waals surface area contributed by atoms with Crippen molar-refractivity contribution in [3.8, 4) is 11.8 Å². The summed E-state index contributed by atoms with van der Waals surface area (Å²) in [4.78, 5) is 13.8. The first-order valence-electron chi connectivity index (χ1n) is 8.09. The minimum absolute atomic E-state index is 0.249. The van der Waals surface area contributed by atoms with Gasteiger partial charge in [0, 0.05) is 17.6 Å². The van der Waals surface area contributed by atoms with Crippen molar-refractivity contribution in [2.24, 2.45) is 5.92 Å². The van der Waals surface area contributed by atoms with Crippen molar-refractivity contribution in [3.05, 3.63) is 28.2 Å². The van der Waals surface area contributed by atoms with Crippen LogP contribution in [0.1, 0.15) is 39.2 Å². The lowest BCUT2D eigenvalue weighted by Gasteiger charge is -2.33. The van der Waals surface area contributed by atoms with E-state index >= 15 is 0 Å². The molecule has 1 aromatic rings. The molecule has 0 aromatic heterocycles. The lowest BCUT2D eigenvalue weighted by molar-refractivity contribution is 0.0165. The van der Waals surface area contributed by atoms with Crippen molar-refractivity contribution < 1.29 is 14.3 Å². The largest absolute Gasteiger partial charge is 0.492 e. The van der Waals surface area contributed by atoms with Crippen LogP contribution in [0.5, 0.6) is 5.75 Å². The molecule has 1 heterocycles. The number of rotatable bonds is 3. The first-order valence-corrected chi connectivity index (χ1v) is 8.88. The Morgan fingerprint density at radius 3 is 2.62 bits per heavy atom. The van der Waals surface area contributed by atoms with Gasteiger partial charge in [-0.05, 0) is 57.7 Å². The minimum atomic E-state index is -0.467. The maximum Gasteiger partial charge on any atom is 0.410 e. The third kappa shape index (κ3) is 5.41. The topological polar surface area (TPSA) is 62.6 Å². The quantitative estimate of drug-likeness (QED) is 0.764. The predicted octanol–water partition coefficient (Wildman–Crippen LogP) is 4.35. The molecule has 6 heteroatoms. The summed E-state index contributed by atoms with van der Waals surface area (Å²) in [5, 5.41) is 9.13. The number of carbonyl (C=O) groups is 1. The number of halogens is 1. The third-order valence-corrected chi connectivity index (χ3v) is 4.30. The van der Waals surface area contributed by atoms with E-state index in [4.69, 9.17) is 14.7 Å². The van der Waals surface area contributed by atoms with Crippen molar-refractivity contribution in [1.82, 2.24) is 4.90 Å². The average Bonchev–Trinajstić information content (AvgIpc) is 2.52. The zero-order valence-corrected chi connectivity index (χ0v) is 15.9. The molecule has 0 unspecified atom stereocenters. The molecule has 2 rings (SSSR count). The number of ether oxygens (including phenoxy) is 2. The number of hydrogen-bond donors (Lipinski definition) is 0. The summed E-state index contributed by atoms with van der Waals surface area (Å²) in [5.74, 6) is 0.968. The number of nitrogens with zero attached hydrogens (tertiary/aromatic N) is 2. The molecule has 1 amide bonds. The van der Waals surface area contributed by atoms with Gasteiger partial charge in [-0.1, -0.05) is 15.9 Å². The Balaban J connectivity index is 1.83. The summed E-state index contributed by atoms with van der Waals surface area (Å²) in [6.07, 6.45) is 1.49. The standard InChI is InChI=1S/C18H23BrN2O3/c1-18(2,3)24-17(22)21-8-6-13(7-9-21)12-23-16-10-15(19)5-4-14(16)11-20/h4-5,10,13H,6-9,12H2,1-3H3. The fourth-order valence-electron chi connectivity index (χ4n) is 2.52. The molecule has 0 aliphatic carbocycles. The van der Waals surface area contributed by atoms with Crippen LogP contribution in [0.4, 0.5) is 4.79 Å². The normalized spacial score (nSPS) is 15.7. The Morgan fingerprint density at radius 1 is 1.38 bits per heavy atom. The Bertz CT molecular complexity index is 626. The molecule has 0 spiro atoms.